The van der Waals surface area contributed by atoms with Crippen molar-refractivity contribution in [2.24, 2.45) is 0 Å². The van der Waals surface area contributed by atoms with Gasteiger partial charge in [0.05, 0.1) is 0 Å². The van der Waals surface area contributed by atoms with Gasteiger partial charge in [-0.15, -0.1) is 0 Å². The van der Waals surface area contributed by atoms with E-state index in [-0.39, 0.29) is 17.6 Å². The third-order valence-electron chi connectivity index (χ3n) is 5.09. The average molecular weight is 366 g/mol. The zero-order valence-corrected chi connectivity index (χ0v) is 15.0. The molecule has 1 saturated heterocycles. The number of phenolic OH excluding ortho intramolecular Hbond substituents is 1. The van der Waals surface area contributed by atoms with Crippen molar-refractivity contribution < 1.29 is 19.4 Å². The molecule has 2 aliphatic rings. The molecular weight excluding hydrogens is 344 g/mol. The monoisotopic (exact) mass is 366 g/mol. The summed E-state index contributed by atoms with van der Waals surface area (Å²) in [6, 6.07) is 12.3. The standard InChI is InChI=1S/C21H22N2O4/c24-18-7-6-14-8-9-23(13-16(14)12-18)21(26)15-3-1-4-17(11-15)22-20(25)19-5-2-10-27-19/h1,3-4,6-7,11-12,19,24H,2,5,8-10,13H2,(H,22,25)/t19-/m0/s1. The molecule has 1 fully saturated rings. The molecule has 1 atom stereocenters. The van der Waals surface area contributed by atoms with E-state index in [2.05, 4.69) is 5.32 Å². The first-order chi connectivity index (χ1) is 13.1. The van der Waals surface area contributed by atoms with Crippen LogP contribution in [0.25, 0.3) is 0 Å². The molecule has 0 bridgehead atoms. The normalized spacial score (nSPS) is 18.8. The van der Waals surface area contributed by atoms with Crippen molar-refractivity contribution in [1.29, 1.82) is 0 Å². The highest BCUT2D eigenvalue weighted by atomic mass is 16.5. The predicted molar refractivity (Wildman–Crippen MR) is 101 cm³/mol. The van der Waals surface area contributed by atoms with Gasteiger partial charge in [0.2, 0.25) is 0 Å². The smallest absolute Gasteiger partial charge is 0.254 e. The van der Waals surface area contributed by atoms with Gasteiger partial charge >= 0.3 is 0 Å². The highest BCUT2D eigenvalue weighted by molar-refractivity contribution is 5.98. The molecule has 2 aromatic carbocycles. The fourth-order valence-corrected chi connectivity index (χ4v) is 3.64. The summed E-state index contributed by atoms with van der Waals surface area (Å²) in [6.45, 7) is 1.71. The number of aromatic hydroxyl groups is 1. The minimum Gasteiger partial charge on any atom is -0.508 e. The lowest BCUT2D eigenvalue weighted by molar-refractivity contribution is -0.124. The third kappa shape index (κ3) is 3.80. The number of carbonyl (C=O) groups is 2. The number of fused-ring (bicyclic) bond motifs is 1. The highest BCUT2D eigenvalue weighted by Crippen LogP contribution is 2.25. The van der Waals surface area contributed by atoms with E-state index in [4.69, 9.17) is 4.74 Å². The van der Waals surface area contributed by atoms with Gasteiger partial charge in [-0.1, -0.05) is 12.1 Å². The summed E-state index contributed by atoms with van der Waals surface area (Å²) >= 11 is 0. The van der Waals surface area contributed by atoms with E-state index in [0.717, 1.165) is 30.4 Å². The fourth-order valence-electron chi connectivity index (χ4n) is 3.64. The van der Waals surface area contributed by atoms with Crippen LogP contribution in [0.1, 0.15) is 34.3 Å². The van der Waals surface area contributed by atoms with Crippen LogP contribution in [0.4, 0.5) is 5.69 Å². The van der Waals surface area contributed by atoms with Gasteiger partial charge in [-0.2, -0.15) is 0 Å². The number of nitrogens with zero attached hydrogens (tertiary/aromatic N) is 1. The summed E-state index contributed by atoms with van der Waals surface area (Å²) < 4.78 is 5.40. The Balaban J connectivity index is 1.47. The lowest BCUT2D eigenvalue weighted by atomic mass is 9.99. The molecule has 0 radical (unpaired) electrons. The number of anilines is 1. The second-order valence-corrected chi connectivity index (χ2v) is 7.00. The molecule has 0 spiro atoms. The number of phenols is 1. The van der Waals surface area contributed by atoms with Crippen LogP contribution in [0, 0.1) is 0 Å². The lowest BCUT2D eigenvalue weighted by Gasteiger charge is -2.29. The Bertz CT molecular complexity index is 874. The molecule has 0 aromatic heterocycles. The molecule has 2 amide bonds. The van der Waals surface area contributed by atoms with E-state index in [0.29, 0.717) is 30.9 Å². The largest absolute Gasteiger partial charge is 0.508 e. The van der Waals surface area contributed by atoms with Crippen LogP contribution >= 0.6 is 0 Å². The van der Waals surface area contributed by atoms with Crippen molar-refractivity contribution in [2.45, 2.75) is 31.9 Å². The van der Waals surface area contributed by atoms with Crippen LogP contribution in [-0.2, 0) is 22.5 Å². The highest BCUT2D eigenvalue weighted by Gasteiger charge is 2.25. The van der Waals surface area contributed by atoms with Gasteiger partial charge in [-0.25, -0.2) is 0 Å². The topological polar surface area (TPSA) is 78.9 Å². The predicted octanol–water partition coefficient (Wildman–Crippen LogP) is 2.71. The van der Waals surface area contributed by atoms with Gasteiger partial charge in [-0.3, -0.25) is 9.59 Å². The summed E-state index contributed by atoms with van der Waals surface area (Å²) in [6.07, 6.45) is 1.97. The number of hydrogen-bond donors (Lipinski definition) is 2. The quantitative estimate of drug-likeness (QED) is 0.875. The van der Waals surface area contributed by atoms with Crippen molar-refractivity contribution in [3.8, 4) is 5.75 Å². The maximum atomic E-state index is 12.9. The lowest BCUT2D eigenvalue weighted by Crippen LogP contribution is -2.36. The molecule has 27 heavy (non-hydrogen) atoms. The number of nitrogens with one attached hydrogen (secondary N) is 1. The summed E-state index contributed by atoms with van der Waals surface area (Å²) in [4.78, 5) is 26.9. The van der Waals surface area contributed by atoms with E-state index >= 15 is 0 Å². The maximum Gasteiger partial charge on any atom is 0.254 e. The molecule has 0 unspecified atom stereocenters. The molecule has 2 heterocycles. The molecule has 2 N–H and O–H groups in total. The molecule has 2 aliphatic heterocycles. The molecule has 0 saturated carbocycles. The Morgan fingerprint density at radius 3 is 2.85 bits per heavy atom. The summed E-state index contributed by atoms with van der Waals surface area (Å²) in [5.74, 6) is -0.0430. The summed E-state index contributed by atoms with van der Waals surface area (Å²) in [5, 5.41) is 12.5. The summed E-state index contributed by atoms with van der Waals surface area (Å²) in [7, 11) is 0. The second kappa shape index (κ2) is 7.40. The molecule has 0 aliphatic carbocycles. The Morgan fingerprint density at radius 1 is 1.15 bits per heavy atom. The van der Waals surface area contributed by atoms with Crippen molar-refractivity contribution in [2.75, 3.05) is 18.5 Å². The van der Waals surface area contributed by atoms with Crippen LogP contribution in [0.3, 0.4) is 0 Å². The molecule has 6 nitrogen and oxygen atoms in total. The number of amides is 2. The molecule has 2 aromatic rings. The van der Waals surface area contributed by atoms with Gasteiger partial charge in [0.25, 0.3) is 11.8 Å². The number of carbonyl (C=O) groups excluding carboxylic acids is 2. The van der Waals surface area contributed by atoms with E-state index in [1.807, 2.05) is 6.07 Å². The first kappa shape index (κ1) is 17.5. The fraction of sp³-hybridized carbons (Fsp3) is 0.333. The van der Waals surface area contributed by atoms with Crippen molar-refractivity contribution >= 4 is 17.5 Å². The zero-order chi connectivity index (χ0) is 18.8. The minimum absolute atomic E-state index is 0.0859. The molecule has 6 heteroatoms. The van der Waals surface area contributed by atoms with Crippen LogP contribution in [0.15, 0.2) is 42.5 Å². The Kier molecular flexibility index (Phi) is 4.81. The first-order valence-electron chi connectivity index (χ1n) is 9.23. The molecule has 4 rings (SSSR count). The average Bonchev–Trinajstić information content (AvgIpc) is 3.22. The maximum absolute atomic E-state index is 12.9. The van der Waals surface area contributed by atoms with Gasteiger partial charge in [0.1, 0.15) is 11.9 Å². The SMILES string of the molecule is O=C(Nc1cccc(C(=O)N2CCc3ccc(O)cc3C2)c1)[C@@H]1CCCO1. The van der Waals surface area contributed by atoms with Crippen molar-refractivity contribution in [3.05, 3.63) is 59.2 Å². The number of ether oxygens (including phenoxy) is 1. The van der Waals surface area contributed by atoms with Crippen molar-refractivity contribution in [3.63, 3.8) is 0 Å². The summed E-state index contributed by atoms with van der Waals surface area (Å²) in [5.41, 5.74) is 3.26. The van der Waals surface area contributed by atoms with Crippen LogP contribution in [0.5, 0.6) is 5.75 Å². The van der Waals surface area contributed by atoms with Crippen LogP contribution in [0.2, 0.25) is 0 Å². The number of hydrogen-bond acceptors (Lipinski definition) is 4. The Morgan fingerprint density at radius 2 is 2.04 bits per heavy atom. The second-order valence-electron chi connectivity index (χ2n) is 7.00. The van der Waals surface area contributed by atoms with E-state index in [1.165, 1.54) is 0 Å². The molecule has 140 valence electrons. The number of benzene rings is 2. The van der Waals surface area contributed by atoms with Gasteiger partial charge < -0.3 is 20.1 Å². The van der Waals surface area contributed by atoms with Crippen molar-refractivity contribution in [1.82, 2.24) is 4.90 Å². The van der Waals surface area contributed by atoms with E-state index < -0.39 is 6.10 Å². The van der Waals surface area contributed by atoms with Crippen LogP contribution < -0.4 is 5.32 Å². The Hall–Kier alpha value is -2.86. The van der Waals surface area contributed by atoms with Gasteiger partial charge in [0, 0.05) is 30.9 Å². The molecular formula is C21H22N2O4. The van der Waals surface area contributed by atoms with Gasteiger partial charge in [-0.05, 0) is 60.7 Å². The Labute approximate surface area is 157 Å². The van der Waals surface area contributed by atoms with Crippen LogP contribution in [-0.4, -0.2) is 41.1 Å². The minimum atomic E-state index is -0.407. The first-order valence-corrected chi connectivity index (χ1v) is 9.23. The number of rotatable bonds is 3. The zero-order valence-electron chi connectivity index (χ0n) is 15.0. The third-order valence-corrected chi connectivity index (χ3v) is 5.09. The van der Waals surface area contributed by atoms with E-state index in [1.54, 1.807) is 41.3 Å². The van der Waals surface area contributed by atoms with Gasteiger partial charge in [0.15, 0.2) is 0 Å². The van der Waals surface area contributed by atoms with E-state index in [9.17, 15) is 14.7 Å².